The van der Waals surface area contributed by atoms with Gasteiger partial charge >= 0.3 is 0 Å². The molecule has 0 aliphatic carbocycles. The monoisotopic (exact) mass is 374 g/mol. The fourth-order valence-electron chi connectivity index (χ4n) is 2.75. The van der Waals surface area contributed by atoms with Crippen molar-refractivity contribution in [2.24, 2.45) is 0 Å². The zero-order valence-electron chi connectivity index (χ0n) is 16.4. The van der Waals surface area contributed by atoms with Gasteiger partial charge in [0.25, 0.3) is 5.91 Å². The van der Waals surface area contributed by atoms with Crippen LogP contribution in [0.25, 0.3) is 0 Å². The van der Waals surface area contributed by atoms with Gasteiger partial charge in [0, 0.05) is 17.8 Å². The van der Waals surface area contributed by atoms with E-state index in [0.29, 0.717) is 12.2 Å². The van der Waals surface area contributed by atoms with E-state index in [9.17, 15) is 4.79 Å². The Morgan fingerprint density at radius 3 is 2.14 bits per heavy atom. The Balaban J connectivity index is 1.52. The minimum absolute atomic E-state index is 0.114. The van der Waals surface area contributed by atoms with E-state index in [4.69, 9.17) is 4.74 Å². The van der Waals surface area contributed by atoms with Crippen LogP contribution in [0.5, 0.6) is 5.75 Å². The van der Waals surface area contributed by atoms with Gasteiger partial charge in [-0.15, -0.1) is 0 Å². The number of rotatable bonds is 8. The Labute approximate surface area is 166 Å². The molecule has 0 saturated heterocycles. The van der Waals surface area contributed by atoms with Gasteiger partial charge in [-0.3, -0.25) is 4.79 Å². The highest BCUT2D eigenvalue weighted by Gasteiger charge is 2.06. The number of carbonyl (C=O) groups is 1. The summed E-state index contributed by atoms with van der Waals surface area (Å²) in [4.78, 5) is 14.6. The van der Waals surface area contributed by atoms with E-state index in [0.717, 1.165) is 30.0 Å². The third-order valence-corrected chi connectivity index (χ3v) is 4.42. The van der Waals surface area contributed by atoms with E-state index >= 15 is 0 Å². The number of amides is 1. The van der Waals surface area contributed by atoms with Gasteiger partial charge in [0.2, 0.25) is 0 Å². The van der Waals surface area contributed by atoms with Crippen LogP contribution in [0.15, 0.2) is 78.9 Å². The average Bonchev–Trinajstić information content (AvgIpc) is 2.73. The smallest absolute Gasteiger partial charge is 0.255 e. The minimum atomic E-state index is -0.114. The van der Waals surface area contributed by atoms with E-state index in [2.05, 4.69) is 36.4 Å². The minimum Gasteiger partial charge on any atom is -0.489 e. The normalized spacial score (nSPS) is 10.7. The number of likely N-dealkylation sites (N-methyl/N-ethyl adjacent to an activating group) is 1. The lowest BCUT2D eigenvalue weighted by atomic mass is 10.1. The van der Waals surface area contributed by atoms with Crippen molar-refractivity contribution >= 4 is 11.6 Å². The second-order valence-corrected chi connectivity index (χ2v) is 7.00. The molecule has 0 heterocycles. The Morgan fingerprint density at radius 2 is 1.50 bits per heavy atom. The maximum Gasteiger partial charge on any atom is 0.255 e. The van der Waals surface area contributed by atoms with Crippen LogP contribution in [-0.4, -0.2) is 31.4 Å². The number of anilines is 1. The number of benzene rings is 3. The van der Waals surface area contributed by atoms with Crippen molar-refractivity contribution in [2.45, 2.75) is 13.0 Å². The molecule has 3 aromatic rings. The third-order valence-electron chi connectivity index (χ3n) is 4.42. The molecule has 3 rings (SSSR count). The molecular formula is C24H26N2O2. The molecule has 0 bridgehead atoms. The summed E-state index contributed by atoms with van der Waals surface area (Å²) in [6.45, 7) is 1.48. The zero-order valence-corrected chi connectivity index (χ0v) is 16.4. The summed E-state index contributed by atoms with van der Waals surface area (Å²) in [5.74, 6) is 0.718. The predicted molar refractivity (Wildman–Crippen MR) is 114 cm³/mol. The van der Waals surface area contributed by atoms with E-state index in [1.54, 1.807) is 0 Å². The first-order valence-electron chi connectivity index (χ1n) is 9.42. The number of para-hydroxylation sites is 1. The number of nitrogens with one attached hydrogen (secondary N) is 1. The van der Waals surface area contributed by atoms with Crippen LogP contribution in [0.4, 0.5) is 5.69 Å². The molecule has 0 atom stereocenters. The summed E-state index contributed by atoms with van der Waals surface area (Å²) in [5.41, 5.74) is 3.70. The molecule has 3 aromatic carbocycles. The van der Waals surface area contributed by atoms with Crippen molar-refractivity contribution in [3.8, 4) is 5.75 Å². The number of hydrogen-bond donors (Lipinski definition) is 1. The zero-order chi connectivity index (χ0) is 19.8. The maximum atomic E-state index is 12.5. The van der Waals surface area contributed by atoms with Gasteiger partial charge < -0.3 is 15.0 Å². The van der Waals surface area contributed by atoms with Gasteiger partial charge in [0.1, 0.15) is 12.4 Å². The number of carbonyl (C=O) groups excluding carboxylic acids is 1. The highest BCUT2D eigenvalue weighted by atomic mass is 16.5. The quantitative estimate of drug-likeness (QED) is 0.625. The first-order chi connectivity index (χ1) is 13.6. The van der Waals surface area contributed by atoms with Gasteiger partial charge in [-0.25, -0.2) is 0 Å². The molecule has 0 unspecified atom stereocenters. The SMILES string of the molecule is CN(C)CCc1ccc(NC(=O)c2ccc(COc3ccccc3)cc2)cc1. The molecule has 0 aliphatic rings. The molecule has 0 fully saturated rings. The lowest BCUT2D eigenvalue weighted by molar-refractivity contribution is 0.102. The van der Waals surface area contributed by atoms with Crippen LogP contribution in [0.3, 0.4) is 0 Å². The number of hydrogen-bond acceptors (Lipinski definition) is 3. The van der Waals surface area contributed by atoms with E-state index < -0.39 is 0 Å². The summed E-state index contributed by atoms with van der Waals surface area (Å²) in [6, 6.07) is 25.2. The molecule has 4 heteroatoms. The van der Waals surface area contributed by atoms with Gasteiger partial charge in [-0.2, -0.15) is 0 Å². The fraction of sp³-hybridized carbons (Fsp3) is 0.208. The Kier molecular flexibility index (Phi) is 6.82. The molecule has 28 heavy (non-hydrogen) atoms. The molecule has 0 aliphatic heterocycles. The largest absolute Gasteiger partial charge is 0.489 e. The first kappa shape index (κ1) is 19.6. The van der Waals surface area contributed by atoms with Crippen LogP contribution in [0.2, 0.25) is 0 Å². The molecule has 0 saturated carbocycles. The van der Waals surface area contributed by atoms with Crippen LogP contribution in [0.1, 0.15) is 21.5 Å². The average molecular weight is 374 g/mol. The molecule has 4 nitrogen and oxygen atoms in total. The summed E-state index contributed by atoms with van der Waals surface area (Å²) in [6.07, 6.45) is 0.994. The van der Waals surface area contributed by atoms with E-state index in [-0.39, 0.29) is 5.91 Å². The number of ether oxygens (including phenoxy) is 1. The van der Waals surface area contributed by atoms with Crippen LogP contribution in [0, 0.1) is 0 Å². The van der Waals surface area contributed by atoms with Gasteiger partial charge in [-0.1, -0.05) is 42.5 Å². The van der Waals surface area contributed by atoms with Crippen molar-refractivity contribution in [1.82, 2.24) is 4.90 Å². The molecule has 0 aromatic heterocycles. The standard InChI is InChI=1S/C24H26N2O2/c1-26(2)17-16-19-10-14-22(15-11-19)25-24(27)21-12-8-20(9-13-21)18-28-23-6-4-3-5-7-23/h3-15H,16-18H2,1-2H3,(H,25,27). The summed E-state index contributed by atoms with van der Waals surface area (Å²) >= 11 is 0. The van der Waals surface area contributed by atoms with Crippen molar-refractivity contribution < 1.29 is 9.53 Å². The Bertz CT molecular complexity index is 873. The van der Waals surface area contributed by atoms with Crippen molar-refractivity contribution in [2.75, 3.05) is 26.0 Å². The summed E-state index contributed by atoms with van der Waals surface area (Å²) < 4.78 is 5.73. The predicted octanol–water partition coefficient (Wildman–Crippen LogP) is 4.62. The van der Waals surface area contributed by atoms with Crippen molar-refractivity contribution in [3.63, 3.8) is 0 Å². The topological polar surface area (TPSA) is 41.6 Å². The van der Waals surface area contributed by atoms with Gasteiger partial charge in [-0.05, 0) is 68.0 Å². The van der Waals surface area contributed by atoms with E-state index in [1.807, 2.05) is 66.7 Å². The summed E-state index contributed by atoms with van der Waals surface area (Å²) in [7, 11) is 4.13. The highest BCUT2D eigenvalue weighted by Crippen LogP contribution is 2.14. The fourth-order valence-corrected chi connectivity index (χ4v) is 2.75. The Morgan fingerprint density at radius 1 is 0.857 bits per heavy atom. The van der Waals surface area contributed by atoms with Crippen LogP contribution >= 0.6 is 0 Å². The molecule has 1 N–H and O–H groups in total. The maximum absolute atomic E-state index is 12.5. The lowest BCUT2D eigenvalue weighted by Gasteiger charge is -2.10. The van der Waals surface area contributed by atoms with Gasteiger partial charge in [0.05, 0.1) is 0 Å². The highest BCUT2D eigenvalue weighted by molar-refractivity contribution is 6.04. The molecule has 144 valence electrons. The van der Waals surface area contributed by atoms with Crippen LogP contribution in [-0.2, 0) is 13.0 Å². The molecular weight excluding hydrogens is 348 g/mol. The second kappa shape index (κ2) is 9.72. The van der Waals surface area contributed by atoms with Crippen LogP contribution < -0.4 is 10.1 Å². The third kappa shape index (κ3) is 5.96. The first-order valence-corrected chi connectivity index (χ1v) is 9.42. The lowest BCUT2D eigenvalue weighted by Crippen LogP contribution is -2.15. The Hall–Kier alpha value is -3.11. The van der Waals surface area contributed by atoms with Crippen molar-refractivity contribution in [1.29, 1.82) is 0 Å². The number of nitrogens with zero attached hydrogens (tertiary/aromatic N) is 1. The van der Waals surface area contributed by atoms with Crippen molar-refractivity contribution in [3.05, 3.63) is 95.6 Å². The summed E-state index contributed by atoms with van der Waals surface area (Å²) in [5, 5.41) is 2.95. The molecule has 1 amide bonds. The van der Waals surface area contributed by atoms with E-state index in [1.165, 1.54) is 5.56 Å². The molecule has 0 spiro atoms. The second-order valence-electron chi connectivity index (χ2n) is 7.00. The van der Waals surface area contributed by atoms with Gasteiger partial charge in [0.15, 0.2) is 0 Å². The molecule has 0 radical (unpaired) electrons.